The fourth-order valence-corrected chi connectivity index (χ4v) is 3.54. The lowest BCUT2D eigenvalue weighted by Crippen LogP contribution is -2.35. The second-order valence-electron chi connectivity index (χ2n) is 5.03. The summed E-state index contributed by atoms with van der Waals surface area (Å²) in [6.45, 7) is 4.64. The van der Waals surface area contributed by atoms with Gasteiger partial charge < -0.3 is 14.5 Å². The van der Waals surface area contributed by atoms with Crippen molar-refractivity contribution in [1.29, 1.82) is 0 Å². The summed E-state index contributed by atoms with van der Waals surface area (Å²) in [6, 6.07) is 5.49. The Bertz CT molecular complexity index is 497. The third-order valence-corrected chi connectivity index (χ3v) is 4.65. The van der Waals surface area contributed by atoms with E-state index >= 15 is 0 Å². The van der Waals surface area contributed by atoms with Crippen molar-refractivity contribution in [2.45, 2.75) is 6.42 Å². The van der Waals surface area contributed by atoms with Crippen LogP contribution >= 0.6 is 31.9 Å². The topological polar surface area (TPSA) is 32.8 Å². The molecule has 21 heavy (non-hydrogen) atoms. The van der Waals surface area contributed by atoms with Gasteiger partial charge in [0.2, 0.25) is 0 Å². The van der Waals surface area contributed by atoms with Crippen LogP contribution in [0.4, 0.5) is 0 Å². The zero-order valence-electron chi connectivity index (χ0n) is 12.1. The lowest BCUT2D eigenvalue weighted by atomic mass is 10.2. The SMILES string of the molecule is COc1ccc(C(=O)N2CCCN(CCBr)CC2)cc1Br. The normalized spacial score (nSPS) is 16.6. The van der Waals surface area contributed by atoms with Gasteiger partial charge in [0, 0.05) is 37.1 Å². The molecule has 0 radical (unpaired) electrons. The number of alkyl halides is 1. The summed E-state index contributed by atoms with van der Waals surface area (Å²) in [5.41, 5.74) is 0.705. The van der Waals surface area contributed by atoms with Gasteiger partial charge in [-0.15, -0.1) is 0 Å². The molecule has 1 saturated heterocycles. The van der Waals surface area contributed by atoms with E-state index in [0.29, 0.717) is 5.56 Å². The van der Waals surface area contributed by atoms with Crippen LogP contribution in [0, 0.1) is 0 Å². The van der Waals surface area contributed by atoms with E-state index in [4.69, 9.17) is 4.74 Å². The van der Waals surface area contributed by atoms with Crippen LogP contribution < -0.4 is 4.74 Å². The predicted octanol–water partition coefficient (Wildman–Crippen LogP) is 3.00. The third kappa shape index (κ3) is 4.44. The van der Waals surface area contributed by atoms with E-state index in [9.17, 15) is 4.79 Å². The standard InChI is InChI=1S/C15H20Br2N2O2/c1-21-14-4-3-12(11-13(14)17)15(20)19-7-2-6-18(8-5-16)9-10-19/h3-4,11H,2,5-10H2,1H3. The van der Waals surface area contributed by atoms with Gasteiger partial charge in [0.15, 0.2) is 0 Å². The molecule has 1 heterocycles. The third-order valence-electron chi connectivity index (χ3n) is 3.68. The summed E-state index contributed by atoms with van der Waals surface area (Å²) in [7, 11) is 1.62. The first-order chi connectivity index (χ1) is 10.2. The Morgan fingerprint density at radius 1 is 1.29 bits per heavy atom. The van der Waals surface area contributed by atoms with Crippen LogP contribution in [0.3, 0.4) is 0 Å². The molecule has 0 bridgehead atoms. The van der Waals surface area contributed by atoms with E-state index in [0.717, 1.165) is 54.7 Å². The smallest absolute Gasteiger partial charge is 0.253 e. The predicted molar refractivity (Wildman–Crippen MR) is 91.4 cm³/mol. The van der Waals surface area contributed by atoms with Gasteiger partial charge in [-0.3, -0.25) is 4.79 Å². The number of carbonyl (C=O) groups excluding carboxylic acids is 1. The number of methoxy groups -OCH3 is 1. The summed E-state index contributed by atoms with van der Waals surface area (Å²) in [6.07, 6.45) is 1.02. The van der Waals surface area contributed by atoms with Crippen molar-refractivity contribution < 1.29 is 9.53 Å². The Kier molecular flexibility index (Phi) is 6.51. The minimum absolute atomic E-state index is 0.0963. The monoisotopic (exact) mass is 418 g/mol. The number of halogens is 2. The van der Waals surface area contributed by atoms with E-state index in [1.54, 1.807) is 7.11 Å². The zero-order chi connectivity index (χ0) is 15.2. The van der Waals surface area contributed by atoms with Gasteiger partial charge in [0.05, 0.1) is 11.6 Å². The van der Waals surface area contributed by atoms with E-state index in [-0.39, 0.29) is 5.91 Å². The molecular weight excluding hydrogens is 400 g/mol. The maximum atomic E-state index is 12.6. The molecule has 2 rings (SSSR count). The second kappa shape index (κ2) is 8.15. The molecule has 0 spiro atoms. The average Bonchev–Trinajstić information content (AvgIpc) is 2.72. The highest BCUT2D eigenvalue weighted by atomic mass is 79.9. The first kappa shape index (κ1) is 16.8. The number of benzene rings is 1. The van der Waals surface area contributed by atoms with Crippen LogP contribution in [0.15, 0.2) is 22.7 Å². The number of hydrogen-bond acceptors (Lipinski definition) is 3. The lowest BCUT2D eigenvalue weighted by Gasteiger charge is -2.22. The molecule has 0 aromatic heterocycles. The highest BCUT2D eigenvalue weighted by Crippen LogP contribution is 2.26. The summed E-state index contributed by atoms with van der Waals surface area (Å²) in [4.78, 5) is 16.9. The van der Waals surface area contributed by atoms with E-state index in [2.05, 4.69) is 36.8 Å². The van der Waals surface area contributed by atoms with Crippen molar-refractivity contribution in [3.05, 3.63) is 28.2 Å². The molecule has 116 valence electrons. The van der Waals surface area contributed by atoms with Crippen molar-refractivity contribution in [2.24, 2.45) is 0 Å². The van der Waals surface area contributed by atoms with E-state index < -0.39 is 0 Å². The largest absolute Gasteiger partial charge is 0.496 e. The molecule has 0 aliphatic carbocycles. The summed E-state index contributed by atoms with van der Waals surface area (Å²) >= 11 is 6.91. The fraction of sp³-hybridized carbons (Fsp3) is 0.533. The molecule has 1 aromatic carbocycles. The molecular formula is C15H20Br2N2O2. The molecule has 1 amide bonds. The molecule has 1 aromatic rings. The Labute approximate surface area is 142 Å². The number of carbonyl (C=O) groups is 1. The van der Waals surface area contributed by atoms with E-state index in [1.807, 2.05) is 23.1 Å². The molecule has 1 aliphatic rings. The van der Waals surface area contributed by atoms with Gasteiger partial charge in [-0.2, -0.15) is 0 Å². The van der Waals surface area contributed by atoms with Crippen LogP contribution in [0.2, 0.25) is 0 Å². The summed E-state index contributed by atoms with van der Waals surface area (Å²) in [5, 5.41) is 0.979. The number of hydrogen-bond donors (Lipinski definition) is 0. The number of rotatable bonds is 4. The molecule has 6 heteroatoms. The molecule has 1 aliphatic heterocycles. The summed E-state index contributed by atoms with van der Waals surface area (Å²) in [5.74, 6) is 0.838. The minimum Gasteiger partial charge on any atom is -0.496 e. The first-order valence-corrected chi connectivity index (χ1v) is 8.98. The lowest BCUT2D eigenvalue weighted by molar-refractivity contribution is 0.0761. The van der Waals surface area contributed by atoms with Crippen LogP contribution in [0.1, 0.15) is 16.8 Å². The van der Waals surface area contributed by atoms with Crippen molar-refractivity contribution in [3.8, 4) is 5.75 Å². The van der Waals surface area contributed by atoms with Crippen LogP contribution in [0.5, 0.6) is 5.75 Å². The van der Waals surface area contributed by atoms with Crippen LogP contribution in [0.25, 0.3) is 0 Å². The maximum absolute atomic E-state index is 12.6. The Hall–Kier alpha value is -0.590. The zero-order valence-corrected chi connectivity index (χ0v) is 15.3. The maximum Gasteiger partial charge on any atom is 0.253 e. The highest BCUT2D eigenvalue weighted by Gasteiger charge is 2.20. The molecule has 0 N–H and O–H groups in total. The number of ether oxygens (including phenoxy) is 1. The Morgan fingerprint density at radius 3 is 2.76 bits per heavy atom. The van der Waals surface area contributed by atoms with Crippen molar-refractivity contribution in [2.75, 3.05) is 45.2 Å². The average molecular weight is 420 g/mol. The van der Waals surface area contributed by atoms with Crippen LogP contribution in [-0.2, 0) is 0 Å². The van der Waals surface area contributed by atoms with Gasteiger partial charge >= 0.3 is 0 Å². The van der Waals surface area contributed by atoms with E-state index in [1.165, 1.54) is 0 Å². The molecule has 4 nitrogen and oxygen atoms in total. The fourth-order valence-electron chi connectivity index (χ4n) is 2.50. The van der Waals surface area contributed by atoms with Crippen molar-refractivity contribution in [1.82, 2.24) is 9.80 Å². The van der Waals surface area contributed by atoms with Crippen LogP contribution in [-0.4, -0.2) is 60.9 Å². The van der Waals surface area contributed by atoms with Gasteiger partial charge in [-0.05, 0) is 47.1 Å². The van der Waals surface area contributed by atoms with Crippen molar-refractivity contribution >= 4 is 37.8 Å². The summed E-state index contributed by atoms with van der Waals surface area (Å²) < 4.78 is 6.01. The molecule has 0 unspecified atom stereocenters. The minimum atomic E-state index is 0.0963. The molecule has 0 saturated carbocycles. The van der Waals surface area contributed by atoms with Gasteiger partial charge in [0.1, 0.15) is 5.75 Å². The Balaban J connectivity index is 2.04. The molecule has 1 fully saturated rings. The Morgan fingerprint density at radius 2 is 2.10 bits per heavy atom. The number of nitrogens with zero attached hydrogens (tertiary/aromatic N) is 2. The number of amides is 1. The van der Waals surface area contributed by atoms with Gasteiger partial charge in [-0.1, -0.05) is 15.9 Å². The first-order valence-electron chi connectivity index (χ1n) is 7.07. The van der Waals surface area contributed by atoms with Gasteiger partial charge in [-0.25, -0.2) is 0 Å². The quantitative estimate of drug-likeness (QED) is 0.703. The van der Waals surface area contributed by atoms with Gasteiger partial charge in [0.25, 0.3) is 5.91 Å². The highest BCUT2D eigenvalue weighted by molar-refractivity contribution is 9.10. The second-order valence-corrected chi connectivity index (χ2v) is 6.67. The molecule has 0 atom stereocenters. The van der Waals surface area contributed by atoms with Crippen molar-refractivity contribution in [3.63, 3.8) is 0 Å².